The first-order valence-corrected chi connectivity index (χ1v) is 22.6. The lowest BCUT2D eigenvalue weighted by Crippen LogP contribution is -2.03. The third kappa shape index (κ3) is 5.31. The third-order valence-electron chi connectivity index (χ3n) is 13.6. The van der Waals surface area contributed by atoms with Gasteiger partial charge in [-0.05, 0) is 90.0 Å². The first kappa shape index (κ1) is 36.5. The van der Waals surface area contributed by atoms with Crippen LogP contribution in [-0.2, 0) is 0 Å². The monoisotopic (exact) mass is 841 g/mol. The summed E-state index contributed by atoms with van der Waals surface area (Å²) >= 11 is 0. The molecule has 14 rings (SSSR count). The Balaban J connectivity index is 1.03. The molecule has 5 heteroatoms. The lowest BCUT2D eigenvalue weighted by molar-refractivity contribution is 1.08. The zero-order valence-corrected chi connectivity index (χ0v) is 35.8. The number of para-hydroxylation sites is 7. The van der Waals surface area contributed by atoms with Crippen molar-refractivity contribution < 1.29 is 0 Å². The van der Waals surface area contributed by atoms with Gasteiger partial charge in [-0.2, -0.15) is 0 Å². The first-order chi connectivity index (χ1) is 32.8. The maximum atomic E-state index is 5.79. The van der Waals surface area contributed by atoms with E-state index in [9.17, 15) is 0 Å². The van der Waals surface area contributed by atoms with Crippen LogP contribution in [-0.4, -0.2) is 23.3 Å². The van der Waals surface area contributed by atoms with E-state index in [1.807, 2.05) is 0 Å². The predicted molar refractivity (Wildman–Crippen MR) is 275 cm³/mol. The SMILES string of the molecule is c1ccc(-n2c(-c3ccc(-c4ccc5c(c4)c4ccccc4n5-c4ccccc4)cc3)nc3c(-n4c5ccccc5c5ccccc54)ccc(-n4c5ccccc5c5ccccc54)c32)cc1. The second kappa shape index (κ2) is 14.3. The maximum absolute atomic E-state index is 5.79. The van der Waals surface area contributed by atoms with Gasteiger partial charge in [0.05, 0.1) is 50.0 Å². The zero-order chi connectivity index (χ0) is 43.3. The van der Waals surface area contributed by atoms with Crippen molar-refractivity contribution >= 4 is 76.5 Å². The molecule has 0 N–H and O–H groups in total. The van der Waals surface area contributed by atoms with Crippen LogP contribution in [0.3, 0.4) is 0 Å². The molecule has 5 nitrogen and oxygen atoms in total. The van der Waals surface area contributed by atoms with Crippen LogP contribution in [0, 0.1) is 0 Å². The number of nitrogens with zero attached hydrogens (tertiary/aromatic N) is 5. The highest BCUT2D eigenvalue weighted by Gasteiger charge is 2.25. The van der Waals surface area contributed by atoms with Crippen molar-refractivity contribution in [2.45, 2.75) is 0 Å². The van der Waals surface area contributed by atoms with Gasteiger partial charge in [0.25, 0.3) is 0 Å². The molecule has 0 aliphatic rings. The smallest absolute Gasteiger partial charge is 0.145 e. The highest BCUT2D eigenvalue weighted by Crippen LogP contribution is 2.43. The van der Waals surface area contributed by atoms with Gasteiger partial charge in [0.2, 0.25) is 0 Å². The van der Waals surface area contributed by atoms with Gasteiger partial charge in [-0.1, -0.05) is 158 Å². The molecule has 0 amide bonds. The van der Waals surface area contributed by atoms with Crippen LogP contribution in [0.5, 0.6) is 0 Å². The Kier molecular flexibility index (Phi) is 7.91. The number of benzene rings is 10. The number of hydrogen-bond donors (Lipinski definition) is 0. The second-order valence-corrected chi connectivity index (χ2v) is 17.1. The standard InChI is InChI=1S/C61H39N5/c1-3-17-43(18-4-1)63-51-26-12-11-25-49(51)50-39-42(35-36-56(50)63)40-31-33-41(34-32-40)61-62-59-57(65-52-27-13-7-21-45(52)46-22-8-14-28-53(46)65)37-38-58(60(59)64(61)44-19-5-2-6-20-44)66-54-29-15-9-23-47(54)48-24-10-16-30-55(48)66/h1-39H. The Labute approximate surface area is 379 Å². The molecule has 0 fully saturated rings. The van der Waals surface area contributed by atoms with Gasteiger partial charge in [0.1, 0.15) is 11.3 Å². The van der Waals surface area contributed by atoms with Gasteiger partial charge < -0.3 is 13.7 Å². The summed E-state index contributed by atoms with van der Waals surface area (Å²) < 4.78 is 9.59. The summed E-state index contributed by atoms with van der Waals surface area (Å²) in [5.74, 6) is 0.874. The second-order valence-electron chi connectivity index (χ2n) is 17.1. The molecule has 0 unspecified atom stereocenters. The average molecular weight is 842 g/mol. The van der Waals surface area contributed by atoms with Crippen molar-refractivity contribution in [1.29, 1.82) is 0 Å². The molecule has 0 saturated heterocycles. The van der Waals surface area contributed by atoms with E-state index >= 15 is 0 Å². The fourth-order valence-electron chi connectivity index (χ4n) is 10.7. The van der Waals surface area contributed by atoms with E-state index < -0.39 is 0 Å². The summed E-state index contributed by atoms with van der Waals surface area (Å²) in [4.78, 5) is 5.79. The Morgan fingerprint density at radius 2 is 0.636 bits per heavy atom. The molecular weight excluding hydrogens is 803 g/mol. The van der Waals surface area contributed by atoms with Gasteiger partial charge in [-0.15, -0.1) is 0 Å². The number of imidazole rings is 1. The molecule has 0 spiro atoms. The van der Waals surface area contributed by atoms with E-state index in [-0.39, 0.29) is 0 Å². The number of rotatable bonds is 6. The molecule has 4 heterocycles. The molecule has 0 bridgehead atoms. The zero-order valence-electron chi connectivity index (χ0n) is 35.8. The van der Waals surface area contributed by atoms with Crippen LogP contribution in [0.15, 0.2) is 237 Å². The van der Waals surface area contributed by atoms with Crippen LogP contribution in [0.4, 0.5) is 0 Å². The highest BCUT2D eigenvalue weighted by molar-refractivity contribution is 6.14. The van der Waals surface area contributed by atoms with Gasteiger partial charge in [0.15, 0.2) is 0 Å². The fourth-order valence-corrected chi connectivity index (χ4v) is 10.7. The first-order valence-electron chi connectivity index (χ1n) is 22.6. The molecule has 0 radical (unpaired) electrons. The van der Waals surface area contributed by atoms with Crippen molar-refractivity contribution in [3.63, 3.8) is 0 Å². The van der Waals surface area contributed by atoms with E-state index in [4.69, 9.17) is 4.98 Å². The normalized spacial score (nSPS) is 11.9. The van der Waals surface area contributed by atoms with Gasteiger partial charge >= 0.3 is 0 Å². The molecule has 14 aromatic rings. The summed E-state index contributed by atoms with van der Waals surface area (Å²) in [5.41, 5.74) is 16.6. The minimum absolute atomic E-state index is 0.874. The lowest BCUT2D eigenvalue weighted by atomic mass is 10.0. The molecule has 308 valence electrons. The van der Waals surface area contributed by atoms with E-state index in [2.05, 4.69) is 255 Å². The fraction of sp³-hybridized carbons (Fsp3) is 0. The van der Waals surface area contributed by atoms with Crippen molar-refractivity contribution in [1.82, 2.24) is 23.3 Å². The van der Waals surface area contributed by atoms with E-state index in [1.165, 1.54) is 48.9 Å². The number of fused-ring (bicyclic) bond motifs is 10. The van der Waals surface area contributed by atoms with Crippen LogP contribution >= 0.6 is 0 Å². The summed E-state index contributed by atoms with van der Waals surface area (Å²) in [7, 11) is 0. The van der Waals surface area contributed by atoms with E-state index in [1.54, 1.807) is 0 Å². The largest absolute Gasteiger partial charge is 0.309 e. The van der Waals surface area contributed by atoms with Gasteiger partial charge in [-0.25, -0.2) is 4.98 Å². The summed E-state index contributed by atoms with van der Waals surface area (Å²) in [6.07, 6.45) is 0. The van der Waals surface area contributed by atoms with Crippen molar-refractivity contribution in [3.05, 3.63) is 237 Å². The molecule has 0 aliphatic carbocycles. The minimum Gasteiger partial charge on any atom is -0.309 e. The minimum atomic E-state index is 0.874. The van der Waals surface area contributed by atoms with Gasteiger partial charge in [0, 0.05) is 49.3 Å². The van der Waals surface area contributed by atoms with Crippen LogP contribution in [0.1, 0.15) is 0 Å². The molecular formula is C61H39N5. The molecule has 0 aliphatic heterocycles. The third-order valence-corrected chi connectivity index (χ3v) is 13.6. The van der Waals surface area contributed by atoms with Crippen molar-refractivity contribution in [2.24, 2.45) is 0 Å². The van der Waals surface area contributed by atoms with Crippen LogP contribution in [0.2, 0.25) is 0 Å². The Bertz CT molecular complexity index is 4100. The molecule has 0 atom stereocenters. The molecule has 10 aromatic carbocycles. The van der Waals surface area contributed by atoms with Crippen molar-refractivity contribution in [2.75, 3.05) is 0 Å². The Hall–Kier alpha value is -8.93. The van der Waals surface area contributed by atoms with Gasteiger partial charge in [-0.3, -0.25) is 4.57 Å². The molecule has 4 aromatic heterocycles. The Morgan fingerprint density at radius 3 is 1.17 bits per heavy atom. The summed E-state index contributed by atoms with van der Waals surface area (Å²) in [5, 5.41) is 7.35. The molecule has 0 saturated carbocycles. The molecule has 66 heavy (non-hydrogen) atoms. The predicted octanol–water partition coefficient (Wildman–Crippen LogP) is 15.7. The maximum Gasteiger partial charge on any atom is 0.145 e. The lowest BCUT2D eigenvalue weighted by Gasteiger charge is -2.17. The quantitative estimate of drug-likeness (QED) is 0.164. The topological polar surface area (TPSA) is 32.6 Å². The van der Waals surface area contributed by atoms with Crippen LogP contribution in [0.25, 0.3) is 122 Å². The number of aromatic nitrogens is 5. The number of hydrogen-bond acceptors (Lipinski definition) is 1. The highest BCUT2D eigenvalue weighted by atomic mass is 15.1. The Morgan fingerprint density at radius 1 is 0.258 bits per heavy atom. The van der Waals surface area contributed by atoms with E-state index in [0.717, 1.165) is 72.8 Å². The van der Waals surface area contributed by atoms with Crippen LogP contribution < -0.4 is 0 Å². The summed E-state index contributed by atoms with van der Waals surface area (Å²) in [6.45, 7) is 0. The van der Waals surface area contributed by atoms with Crippen molar-refractivity contribution in [3.8, 4) is 45.3 Å². The van der Waals surface area contributed by atoms with E-state index in [0.29, 0.717) is 0 Å². The summed E-state index contributed by atoms with van der Waals surface area (Å²) in [6, 6.07) is 85.5. The average Bonchev–Trinajstić information content (AvgIpc) is 4.14.